The molecule has 0 bridgehead atoms. The number of aryl methyl sites for hydroxylation is 1. The van der Waals surface area contributed by atoms with Gasteiger partial charge in [0.2, 0.25) is 0 Å². The summed E-state index contributed by atoms with van der Waals surface area (Å²) in [6, 6.07) is 6.17. The van der Waals surface area contributed by atoms with E-state index in [1.807, 2.05) is 6.07 Å². The summed E-state index contributed by atoms with van der Waals surface area (Å²) in [6.45, 7) is 6.17. The Morgan fingerprint density at radius 3 is 3.00 bits per heavy atom. The number of hydrogen-bond donors (Lipinski definition) is 1. The highest BCUT2D eigenvalue weighted by atomic mass is 14.7. The molecule has 0 unspecified atom stereocenters. The molecule has 0 spiro atoms. The molecule has 0 fully saturated rings. The zero-order chi connectivity index (χ0) is 8.55. The Hall–Kier alpha value is -1.24. The van der Waals surface area contributed by atoms with E-state index in [9.17, 15) is 0 Å². The fraction of sp³-hybridized carbons (Fsp3) is 0.182. The van der Waals surface area contributed by atoms with Crippen LogP contribution in [0.2, 0.25) is 0 Å². The van der Waals surface area contributed by atoms with Crippen LogP contribution in [0.3, 0.4) is 0 Å². The third kappa shape index (κ3) is 0.934. The van der Waals surface area contributed by atoms with E-state index in [0.717, 1.165) is 12.0 Å². The lowest BCUT2D eigenvalue weighted by Gasteiger charge is -1.97. The van der Waals surface area contributed by atoms with Crippen molar-refractivity contribution in [1.29, 1.82) is 0 Å². The van der Waals surface area contributed by atoms with Crippen molar-refractivity contribution in [1.82, 2.24) is 4.98 Å². The number of aromatic amines is 1. The maximum atomic E-state index is 4.01. The molecule has 0 saturated carbocycles. The molecule has 1 heteroatoms. The number of nitrogens with one attached hydrogen (secondary N) is 1. The summed E-state index contributed by atoms with van der Waals surface area (Å²) in [5.74, 6) is 0. The molecule has 1 nitrogen and oxygen atoms in total. The van der Waals surface area contributed by atoms with Gasteiger partial charge in [-0.05, 0) is 30.5 Å². The number of H-pyrrole nitrogens is 1. The number of hydrogen-bond acceptors (Lipinski definition) is 0. The highest BCUT2D eigenvalue weighted by molar-refractivity contribution is 5.87. The van der Waals surface area contributed by atoms with E-state index in [0.29, 0.717) is 0 Å². The zero-order valence-corrected chi connectivity index (χ0v) is 7.22. The van der Waals surface area contributed by atoms with Gasteiger partial charge in [-0.2, -0.15) is 0 Å². The average molecular weight is 158 g/mol. The maximum Gasteiger partial charge on any atom is 0.0459 e. The first-order valence-electron chi connectivity index (χ1n) is 4.24. The van der Waals surface area contributed by atoms with Crippen molar-refractivity contribution in [3.63, 3.8) is 0 Å². The van der Waals surface area contributed by atoms with Crippen molar-refractivity contribution in [2.45, 2.75) is 13.3 Å². The van der Waals surface area contributed by atoms with Crippen LogP contribution in [-0.4, -0.2) is 4.98 Å². The van der Waals surface area contributed by atoms with Crippen LogP contribution in [0.1, 0.15) is 18.1 Å². The third-order valence-corrected chi connectivity index (χ3v) is 2.25. The van der Waals surface area contributed by atoms with Crippen LogP contribution in [0.5, 0.6) is 0 Å². The fourth-order valence-corrected chi connectivity index (χ4v) is 1.62. The van der Waals surface area contributed by atoms with E-state index in [4.69, 9.17) is 0 Å². The van der Waals surface area contributed by atoms with Crippen LogP contribution in [0.15, 0.2) is 24.4 Å². The molecule has 0 amide bonds. The van der Waals surface area contributed by atoms with Crippen LogP contribution in [0.25, 0.3) is 10.9 Å². The highest BCUT2D eigenvalue weighted by Crippen LogP contribution is 2.21. The second-order valence-electron chi connectivity index (χ2n) is 3.01. The molecule has 0 atom stereocenters. The topological polar surface area (TPSA) is 15.8 Å². The van der Waals surface area contributed by atoms with Crippen molar-refractivity contribution >= 4 is 10.9 Å². The van der Waals surface area contributed by atoms with E-state index in [1.54, 1.807) is 0 Å². The summed E-state index contributed by atoms with van der Waals surface area (Å²) in [5.41, 5.74) is 3.67. The van der Waals surface area contributed by atoms with Crippen molar-refractivity contribution in [2.75, 3.05) is 0 Å². The first-order chi connectivity index (χ1) is 5.83. The van der Waals surface area contributed by atoms with Crippen molar-refractivity contribution < 1.29 is 0 Å². The monoisotopic (exact) mass is 158 g/mol. The van der Waals surface area contributed by atoms with E-state index in [2.05, 4.69) is 37.2 Å². The predicted octanol–water partition coefficient (Wildman–Crippen LogP) is 2.91. The first kappa shape index (κ1) is 7.41. The number of aromatic nitrogens is 1. The minimum absolute atomic E-state index is 1.06. The Morgan fingerprint density at radius 2 is 2.25 bits per heavy atom. The lowest BCUT2D eigenvalue weighted by atomic mass is 10.1. The third-order valence-electron chi connectivity index (χ3n) is 2.25. The molecule has 1 radical (unpaired) electrons. The molecule has 61 valence electrons. The molecule has 1 heterocycles. The quantitative estimate of drug-likeness (QED) is 0.656. The van der Waals surface area contributed by atoms with Gasteiger partial charge in [-0.15, -0.1) is 0 Å². The van der Waals surface area contributed by atoms with Gasteiger partial charge in [0.05, 0.1) is 0 Å². The normalized spacial score (nSPS) is 10.8. The fourth-order valence-electron chi connectivity index (χ4n) is 1.62. The van der Waals surface area contributed by atoms with E-state index in [-0.39, 0.29) is 0 Å². The second kappa shape index (κ2) is 2.67. The minimum Gasteiger partial charge on any atom is -0.361 e. The van der Waals surface area contributed by atoms with Crippen LogP contribution >= 0.6 is 0 Å². The molecule has 1 aromatic carbocycles. The Labute approximate surface area is 72.4 Å². The standard InChI is InChI=1S/C11H12N/c1-3-9-7-12-10-6-4-5-8(2)11(9)10/h4-7,12H,2-3H2,1H3. The van der Waals surface area contributed by atoms with Gasteiger partial charge in [-0.1, -0.05) is 19.1 Å². The van der Waals surface area contributed by atoms with Gasteiger partial charge in [-0.3, -0.25) is 0 Å². The molecule has 2 rings (SSSR count). The Bertz CT molecular complexity index is 398. The minimum atomic E-state index is 1.06. The summed E-state index contributed by atoms with van der Waals surface area (Å²) >= 11 is 0. The smallest absolute Gasteiger partial charge is 0.0459 e. The molecule has 12 heavy (non-hydrogen) atoms. The highest BCUT2D eigenvalue weighted by Gasteiger charge is 2.02. The van der Waals surface area contributed by atoms with Crippen molar-refractivity contribution in [3.05, 3.63) is 42.4 Å². The molecule has 0 aliphatic heterocycles. The molecule has 0 aliphatic rings. The van der Waals surface area contributed by atoms with E-state index >= 15 is 0 Å². The first-order valence-corrected chi connectivity index (χ1v) is 4.24. The van der Waals surface area contributed by atoms with Gasteiger partial charge in [0, 0.05) is 17.1 Å². The average Bonchev–Trinajstić information content (AvgIpc) is 2.49. The van der Waals surface area contributed by atoms with Crippen LogP contribution in [-0.2, 0) is 6.42 Å². The van der Waals surface area contributed by atoms with E-state index < -0.39 is 0 Å². The summed E-state index contributed by atoms with van der Waals surface area (Å²) in [7, 11) is 0. The lowest BCUT2D eigenvalue weighted by molar-refractivity contribution is 1.15. The molecule has 0 aliphatic carbocycles. The van der Waals surface area contributed by atoms with Crippen molar-refractivity contribution in [2.24, 2.45) is 0 Å². The van der Waals surface area contributed by atoms with Crippen molar-refractivity contribution in [3.8, 4) is 0 Å². The summed E-state index contributed by atoms with van der Waals surface area (Å²) in [6.07, 6.45) is 3.13. The zero-order valence-electron chi connectivity index (χ0n) is 7.22. The number of benzene rings is 1. The number of rotatable bonds is 1. The SMILES string of the molecule is [CH2]c1cccc2[nH]cc(CC)c12. The largest absolute Gasteiger partial charge is 0.361 e. The van der Waals surface area contributed by atoms with Gasteiger partial charge >= 0.3 is 0 Å². The maximum absolute atomic E-state index is 4.01. The molecule has 1 N–H and O–H groups in total. The van der Waals surface area contributed by atoms with E-state index in [1.165, 1.54) is 16.5 Å². The van der Waals surface area contributed by atoms with Crippen LogP contribution in [0, 0.1) is 6.92 Å². The Balaban J connectivity index is 2.83. The Kier molecular flexibility index (Phi) is 1.65. The number of fused-ring (bicyclic) bond motifs is 1. The predicted molar refractivity (Wildman–Crippen MR) is 52.1 cm³/mol. The second-order valence-corrected chi connectivity index (χ2v) is 3.01. The molecule has 1 aromatic heterocycles. The van der Waals surface area contributed by atoms with Gasteiger partial charge in [0.1, 0.15) is 0 Å². The summed E-state index contributed by atoms with van der Waals surface area (Å²) < 4.78 is 0. The Morgan fingerprint density at radius 1 is 1.42 bits per heavy atom. The molecular formula is C11H12N. The van der Waals surface area contributed by atoms with Gasteiger partial charge in [0.15, 0.2) is 0 Å². The summed E-state index contributed by atoms with van der Waals surface area (Å²) in [4.78, 5) is 3.24. The molecule has 2 aromatic rings. The van der Waals surface area contributed by atoms with Crippen LogP contribution in [0.4, 0.5) is 0 Å². The summed E-state index contributed by atoms with van der Waals surface area (Å²) in [5, 5.41) is 1.29. The van der Waals surface area contributed by atoms with Gasteiger partial charge < -0.3 is 4.98 Å². The molecular weight excluding hydrogens is 146 g/mol. The van der Waals surface area contributed by atoms with Gasteiger partial charge in [-0.25, -0.2) is 0 Å². The van der Waals surface area contributed by atoms with Gasteiger partial charge in [0.25, 0.3) is 0 Å². The molecule has 0 saturated heterocycles. The lowest BCUT2D eigenvalue weighted by Crippen LogP contribution is -1.79. The van der Waals surface area contributed by atoms with Crippen LogP contribution < -0.4 is 0 Å².